The number of hydrogen-bond donors (Lipinski definition) is 2. The number of nitrogens with zero attached hydrogens (tertiary/aromatic N) is 2. The summed E-state index contributed by atoms with van der Waals surface area (Å²) < 4.78 is 53.2. The maximum atomic E-state index is 12.8. The van der Waals surface area contributed by atoms with Crippen molar-refractivity contribution in [3.63, 3.8) is 0 Å². The van der Waals surface area contributed by atoms with E-state index in [4.69, 9.17) is 0 Å². The van der Waals surface area contributed by atoms with E-state index in [1.165, 1.54) is 16.4 Å². The van der Waals surface area contributed by atoms with Crippen LogP contribution < -0.4 is 10.0 Å². The Kier molecular flexibility index (Phi) is 7.24. The Hall–Kier alpha value is -1.76. The van der Waals surface area contributed by atoms with E-state index >= 15 is 0 Å². The van der Waals surface area contributed by atoms with E-state index in [1.807, 2.05) is 0 Å². The van der Waals surface area contributed by atoms with Crippen LogP contribution in [0.15, 0.2) is 23.1 Å². The summed E-state index contributed by atoms with van der Waals surface area (Å²) in [7, 11) is -7.23. The third-order valence-electron chi connectivity index (χ3n) is 6.03. The van der Waals surface area contributed by atoms with Crippen molar-refractivity contribution in [2.75, 3.05) is 24.7 Å². The fraction of sp³-hybridized carbons (Fsp3) is 0.684. The molecule has 0 aromatic heterocycles. The number of nitro benzene ring substituents is 1. The number of nitro groups is 1. The van der Waals surface area contributed by atoms with Crippen molar-refractivity contribution in [1.82, 2.24) is 9.03 Å². The third kappa shape index (κ3) is 6.15. The average molecular weight is 475 g/mol. The standard InChI is InChI=1S/C19H30N4O6S2/c1-14-5-7-15(8-6-14)21-31(28,29)17-9-10-18(19(12-17)23(24)25)20-16-4-3-11-22(13-16)30(2,26)27/h9-10,12,14-16,20-21H,3-8,11,13H2,1-2H3. The van der Waals surface area contributed by atoms with Gasteiger partial charge in [-0.2, -0.15) is 0 Å². The van der Waals surface area contributed by atoms with Crippen LogP contribution >= 0.6 is 0 Å². The molecule has 2 fully saturated rings. The fourth-order valence-electron chi connectivity index (χ4n) is 4.20. The molecule has 1 heterocycles. The van der Waals surface area contributed by atoms with Gasteiger partial charge < -0.3 is 5.32 Å². The lowest BCUT2D eigenvalue weighted by molar-refractivity contribution is -0.384. The van der Waals surface area contributed by atoms with Gasteiger partial charge >= 0.3 is 0 Å². The van der Waals surface area contributed by atoms with Gasteiger partial charge in [0.15, 0.2) is 0 Å². The van der Waals surface area contributed by atoms with Gasteiger partial charge in [0.25, 0.3) is 5.69 Å². The van der Waals surface area contributed by atoms with E-state index in [0.717, 1.165) is 38.0 Å². The summed E-state index contributed by atoms with van der Waals surface area (Å²) in [5.74, 6) is 0.575. The van der Waals surface area contributed by atoms with Crippen LogP contribution in [0.2, 0.25) is 0 Å². The number of nitrogens with one attached hydrogen (secondary N) is 2. The summed E-state index contributed by atoms with van der Waals surface area (Å²) in [6.07, 6.45) is 5.82. The Morgan fingerprint density at radius 1 is 1.06 bits per heavy atom. The first-order valence-corrected chi connectivity index (χ1v) is 13.8. The minimum atomic E-state index is -3.88. The van der Waals surface area contributed by atoms with Gasteiger partial charge in [0, 0.05) is 31.2 Å². The Labute approximate surface area is 183 Å². The number of piperidine rings is 1. The first kappa shape index (κ1) is 23.9. The number of benzene rings is 1. The summed E-state index contributed by atoms with van der Waals surface area (Å²) >= 11 is 0. The highest BCUT2D eigenvalue weighted by atomic mass is 32.2. The highest BCUT2D eigenvalue weighted by molar-refractivity contribution is 7.89. The van der Waals surface area contributed by atoms with Crippen molar-refractivity contribution in [2.24, 2.45) is 5.92 Å². The zero-order valence-electron chi connectivity index (χ0n) is 17.8. The van der Waals surface area contributed by atoms with Crippen molar-refractivity contribution >= 4 is 31.4 Å². The lowest BCUT2D eigenvalue weighted by Crippen LogP contribution is -2.44. The third-order valence-corrected chi connectivity index (χ3v) is 8.81. The minimum absolute atomic E-state index is 0.148. The highest BCUT2D eigenvalue weighted by Crippen LogP contribution is 2.31. The Balaban J connectivity index is 1.77. The Morgan fingerprint density at radius 3 is 2.35 bits per heavy atom. The second-order valence-corrected chi connectivity index (χ2v) is 12.3. The SMILES string of the molecule is CC1CCC(NS(=O)(=O)c2ccc(NC3CCCN(S(C)(=O)=O)C3)c([N+](=O)[O-])c2)CC1. The number of sulfonamides is 2. The van der Waals surface area contributed by atoms with Crippen LogP contribution in [-0.4, -0.2) is 57.5 Å². The monoisotopic (exact) mass is 474 g/mol. The lowest BCUT2D eigenvalue weighted by Gasteiger charge is -2.31. The summed E-state index contributed by atoms with van der Waals surface area (Å²) in [5, 5.41) is 14.7. The molecule has 1 saturated heterocycles. The molecule has 1 saturated carbocycles. The Bertz CT molecular complexity index is 1020. The topological polar surface area (TPSA) is 139 Å². The van der Waals surface area contributed by atoms with Crippen molar-refractivity contribution in [1.29, 1.82) is 0 Å². The van der Waals surface area contributed by atoms with Crippen LogP contribution in [0, 0.1) is 16.0 Å². The van der Waals surface area contributed by atoms with Gasteiger partial charge in [0.05, 0.1) is 16.1 Å². The molecule has 2 aliphatic rings. The summed E-state index contributed by atoms with van der Waals surface area (Å²) in [6.45, 7) is 2.76. The second kappa shape index (κ2) is 9.39. The van der Waals surface area contributed by atoms with Crippen LogP contribution in [-0.2, 0) is 20.0 Å². The molecule has 1 aromatic rings. The van der Waals surface area contributed by atoms with Crippen molar-refractivity contribution in [3.8, 4) is 0 Å². The number of hydrogen-bond acceptors (Lipinski definition) is 7. The predicted molar refractivity (Wildman–Crippen MR) is 118 cm³/mol. The van der Waals surface area contributed by atoms with Crippen molar-refractivity contribution in [2.45, 2.75) is 62.4 Å². The lowest BCUT2D eigenvalue weighted by atomic mass is 9.88. The highest BCUT2D eigenvalue weighted by Gasteiger charge is 2.29. The van der Waals surface area contributed by atoms with Crippen LogP contribution in [0.4, 0.5) is 11.4 Å². The van der Waals surface area contributed by atoms with Gasteiger partial charge in [-0.3, -0.25) is 10.1 Å². The first-order valence-electron chi connectivity index (χ1n) is 10.5. The van der Waals surface area contributed by atoms with E-state index in [2.05, 4.69) is 17.0 Å². The largest absolute Gasteiger partial charge is 0.375 e. The quantitative estimate of drug-likeness (QED) is 0.456. The maximum absolute atomic E-state index is 12.8. The molecule has 1 atom stereocenters. The van der Waals surface area contributed by atoms with E-state index in [-0.39, 0.29) is 34.9 Å². The summed E-state index contributed by atoms with van der Waals surface area (Å²) in [4.78, 5) is 10.9. The fourth-order valence-corrected chi connectivity index (χ4v) is 6.43. The van der Waals surface area contributed by atoms with Gasteiger partial charge in [-0.25, -0.2) is 25.9 Å². The van der Waals surface area contributed by atoms with E-state index in [1.54, 1.807) is 0 Å². The molecule has 1 aliphatic carbocycles. The minimum Gasteiger partial charge on any atom is -0.375 e. The van der Waals surface area contributed by atoms with Gasteiger partial charge in [0.1, 0.15) is 5.69 Å². The maximum Gasteiger partial charge on any atom is 0.293 e. The van der Waals surface area contributed by atoms with Gasteiger partial charge in [-0.15, -0.1) is 0 Å². The molecule has 1 unspecified atom stereocenters. The van der Waals surface area contributed by atoms with E-state index in [0.29, 0.717) is 25.3 Å². The van der Waals surface area contributed by atoms with Crippen LogP contribution in [0.1, 0.15) is 45.4 Å². The molecule has 1 aliphatic heterocycles. The summed E-state index contributed by atoms with van der Waals surface area (Å²) in [6, 6.07) is 3.33. The molecular formula is C19H30N4O6S2. The van der Waals surface area contributed by atoms with Crippen molar-refractivity contribution in [3.05, 3.63) is 28.3 Å². The van der Waals surface area contributed by atoms with Crippen molar-refractivity contribution < 1.29 is 21.8 Å². The number of rotatable bonds is 7. The number of anilines is 1. The molecular weight excluding hydrogens is 444 g/mol. The zero-order valence-corrected chi connectivity index (χ0v) is 19.4. The normalized spacial score (nSPS) is 25.8. The molecule has 0 spiro atoms. The molecule has 31 heavy (non-hydrogen) atoms. The molecule has 10 nitrogen and oxygen atoms in total. The summed E-state index contributed by atoms with van der Waals surface area (Å²) in [5.41, 5.74) is -0.174. The van der Waals surface area contributed by atoms with E-state index < -0.39 is 25.0 Å². The second-order valence-electron chi connectivity index (χ2n) is 8.62. The molecule has 2 N–H and O–H groups in total. The van der Waals surface area contributed by atoms with Crippen LogP contribution in [0.3, 0.4) is 0 Å². The predicted octanol–water partition coefficient (Wildman–Crippen LogP) is 2.29. The van der Waals surface area contributed by atoms with Gasteiger partial charge in [-0.1, -0.05) is 6.92 Å². The van der Waals surface area contributed by atoms with Gasteiger partial charge in [-0.05, 0) is 56.6 Å². The first-order chi connectivity index (χ1) is 14.5. The molecule has 0 radical (unpaired) electrons. The molecule has 1 aromatic carbocycles. The molecule has 3 rings (SSSR count). The molecule has 12 heteroatoms. The smallest absolute Gasteiger partial charge is 0.293 e. The van der Waals surface area contributed by atoms with E-state index in [9.17, 15) is 26.9 Å². The van der Waals surface area contributed by atoms with Crippen LogP contribution in [0.5, 0.6) is 0 Å². The van der Waals surface area contributed by atoms with Crippen LogP contribution in [0.25, 0.3) is 0 Å². The molecule has 0 bridgehead atoms. The molecule has 174 valence electrons. The Morgan fingerprint density at radius 2 is 1.74 bits per heavy atom. The average Bonchev–Trinajstić information content (AvgIpc) is 2.69. The zero-order chi connectivity index (χ0) is 22.8. The molecule has 0 amide bonds. The van der Waals surface area contributed by atoms with Gasteiger partial charge in [0.2, 0.25) is 20.0 Å².